The number of rotatable bonds is 2. The molecule has 1 aromatic heterocycles. The van der Waals surface area contributed by atoms with Gasteiger partial charge in [-0.3, -0.25) is 9.59 Å². The quantitative estimate of drug-likeness (QED) is 0.913. The summed E-state index contributed by atoms with van der Waals surface area (Å²) in [5.41, 5.74) is -0.349. The number of hydrogen-bond donors (Lipinski definition) is 1. The Morgan fingerprint density at radius 3 is 2.86 bits per heavy atom. The molecule has 1 atom stereocenters. The molecule has 1 amide bonds. The molecule has 1 fully saturated rings. The van der Waals surface area contributed by atoms with Crippen molar-refractivity contribution < 1.29 is 9.53 Å². The lowest BCUT2D eigenvalue weighted by Gasteiger charge is -2.44. The van der Waals surface area contributed by atoms with Crippen LogP contribution < -0.4 is 5.56 Å². The predicted octanol–water partition coefficient (Wildman–Crippen LogP) is 1.56. The van der Waals surface area contributed by atoms with Crippen molar-refractivity contribution in [3.63, 3.8) is 0 Å². The number of benzene rings is 1. The molecular formula is C16H19N3O3. The number of nitrogens with zero attached hydrogens (tertiary/aromatic N) is 2. The Kier molecular flexibility index (Phi) is 3.70. The second-order valence-corrected chi connectivity index (χ2v) is 5.81. The molecule has 6 nitrogen and oxygen atoms in total. The minimum Gasteiger partial charge on any atom is -0.377 e. The standard InChI is InChI=1S/C16H19N3O3/c1-3-16(2)10-22-9-8-19(16)15(21)13-11-6-4-5-7-12(11)14(20)18-17-13/h4-7H,3,8-10H2,1-2H3,(H,18,20). The summed E-state index contributed by atoms with van der Waals surface area (Å²) in [7, 11) is 0. The lowest BCUT2D eigenvalue weighted by Crippen LogP contribution is -2.57. The molecule has 2 aromatic rings. The van der Waals surface area contributed by atoms with Crippen LogP contribution in [0.1, 0.15) is 30.8 Å². The molecule has 0 bridgehead atoms. The van der Waals surface area contributed by atoms with E-state index in [-0.39, 0.29) is 22.7 Å². The number of nitrogens with one attached hydrogen (secondary N) is 1. The van der Waals surface area contributed by atoms with Gasteiger partial charge in [0.1, 0.15) is 0 Å². The summed E-state index contributed by atoms with van der Waals surface area (Å²) in [4.78, 5) is 26.6. The lowest BCUT2D eigenvalue weighted by atomic mass is 9.95. The Balaban J connectivity index is 2.09. The van der Waals surface area contributed by atoms with Gasteiger partial charge < -0.3 is 9.64 Å². The van der Waals surface area contributed by atoms with E-state index in [1.807, 2.05) is 18.7 Å². The topological polar surface area (TPSA) is 75.3 Å². The molecule has 3 rings (SSSR count). The highest BCUT2D eigenvalue weighted by Crippen LogP contribution is 2.26. The van der Waals surface area contributed by atoms with Gasteiger partial charge in [0.25, 0.3) is 11.5 Å². The third-order valence-electron chi connectivity index (χ3n) is 4.43. The van der Waals surface area contributed by atoms with Crippen LogP contribution in [0.25, 0.3) is 10.8 Å². The van der Waals surface area contributed by atoms with E-state index >= 15 is 0 Å². The normalized spacial score (nSPS) is 22.0. The summed E-state index contributed by atoms with van der Waals surface area (Å²) in [6, 6.07) is 7.04. The first-order valence-corrected chi connectivity index (χ1v) is 7.44. The summed E-state index contributed by atoms with van der Waals surface area (Å²) in [6.45, 7) is 5.60. The molecule has 0 radical (unpaired) electrons. The van der Waals surface area contributed by atoms with Crippen LogP contribution >= 0.6 is 0 Å². The molecule has 1 aliphatic heterocycles. The van der Waals surface area contributed by atoms with E-state index in [0.717, 1.165) is 6.42 Å². The summed E-state index contributed by atoms with van der Waals surface area (Å²) >= 11 is 0. The molecular weight excluding hydrogens is 282 g/mol. The Hall–Kier alpha value is -2.21. The monoisotopic (exact) mass is 301 g/mol. The number of morpholine rings is 1. The number of aromatic nitrogens is 2. The number of aromatic amines is 1. The fourth-order valence-electron chi connectivity index (χ4n) is 2.84. The number of hydrogen-bond acceptors (Lipinski definition) is 4. The zero-order chi connectivity index (χ0) is 15.7. The van der Waals surface area contributed by atoms with Gasteiger partial charge in [0.15, 0.2) is 5.69 Å². The SMILES string of the molecule is CCC1(C)COCCN1C(=O)c1n[nH]c(=O)c2ccccc12. The van der Waals surface area contributed by atoms with Crippen molar-refractivity contribution in [2.45, 2.75) is 25.8 Å². The number of fused-ring (bicyclic) bond motifs is 1. The van der Waals surface area contributed by atoms with Gasteiger partial charge >= 0.3 is 0 Å². The average Bonchev–Trinajstić information content (AvgIpc) is 2.55. The summed E-state index contributed by atoms with van der Waals surface area (Å²) < 4.78 is 5.53. The summed E-state index contributed by atoms with van der Waals surface area (Å²) in [5, 5.41) is 7.50. The van der Waals surface area contributed by atoms with Crippen LogP contribution in [0.15, 0.2) is 29.1 Å². The van der Waals surface area contributed by atoms with Gasteiger partial charge in [-0.05, 0) is 19.4 Å². The van der Waals surface area contributed by atoms with E-state index in [1.165, 1.54) is 0 Å². The van der Waals surface area contributed by atoms with Gasteiger partial charge in [-0.2, -0.15) is 5.10 Å². The van der Waals surface area contributed by atoms with Crippen LogP contribution in [0.2, 0.25) is 0 Å². The van der Waals surface area contributed by atoms with Crippen molar-refractivity contribution in [1.29, 1.82) is 0 Å². The first-order chi connectivity index (χ1) is 10.6. The van der Waals surface area contributed by atoms with Gasteiger partial charge in [0.05, 0.1) is 24.1 Å². The molecule has 0 spiro atoms. The van der Waals surface area contributed by atoms with E-state index in [0.29, 0.717) is 30.5 Å². The second kappa shape index (κ2) is 5.53. The second-order valence-electron chi connectivity index (χ2n) is 5.81. The maximum atomic E-state index is 13.0. The fraction of sp³-hybridized carbons (Fsp3) is 0.438. The Labute approximate surface area is 128 Å². The van der Waals surface area contributed by atoms with Crippen LogP contribution in [-0.4, -0.2) is 46.3 Å². The highest BCUT2D eigenvalue weighted by atomic mass is 16.5. The van der Waals surface area contributed by atoms with E-state index in [2.05, 4.69) is 10.2 Å². The third-order valence-corrected chi connectivity index (χ3v) is 4.43. The van der Waals surface area contributed by atoms with Crippen LogP contribution in [0.3, 0.4) is 0 Å². The van der Waals surface area contributed by atoms with Crippen LogP contribution in [0.4, 0.5) is 0 Å². The van der Waals surface area contributed by atoms with Gasteiger partial charge in [0, 0.05) is 11.9 Å². The average molecular weight is 301 g/mol. The van der Waals surface area contributed by atoms with Crippen LogP contribution in [0.5, 0.6) is 0 Å². The number of amides is 1. The van der Waals surface area contributed by atoms with Crippen LogP contribution in [0, 0.1) is 0 Å². The summed E-state index contributed by atoms with van der Waals surface area (Å²) in [5.74, 6) is -0.167. The molecule has 1 saturated heterocycles. The van der Waals surface area contributed by atoms with E-state index in [1.54, 1.807) is 24.3 Å². The number of H-pyrrole nitrogens is 1. The van der Waals surface area contributed by atoms with Crippen molar-refractivity contribution in [2.75, 3.05) is 19.8 Å². The Morgan fingerprint density at radius 2 is 2.14 bits per heavy atom. The van der Waals surface area contributed by atoms with Crippen molar-refractivity contribution in [3.8, 4) is 0 Å². The molecule has 0 saturated carbocycles. The van der Waals surface area contributed by atoms with Crippen molar-refractivity contribution in [1.82, 2.24) is 15.1 Å². The minimum atomic E-state index is -0.353. The molecule has 116 valence electrons. The van der Waals surface area contributed by atoms with Gasteiger partial charge in [0.2, 0.25) is 0 Å². The van der Waals surface area contributed by atoms with Gasteiger partial charge in [-0.15, -0.1) is 0 Å². The number of carbonyl (C=O) groups is 1. The molecule has 1 N–H and O–H groups in total. The Morgan fingerprint density at radius 1 is 1.41 bits per heavy atom. The maximum absolute atomic E-state index is 13.0. The highest BCUT2D eigenvalue weighted by molar-refractivity contribution is 6.05. The molecule has 2 heterocycles. The first kappa shape index (κ1) is 14.7. The van der Waals surface area contributed by atoms with E-state index in [4.69, 9.17) is 4.74 Å². The van der Waals surface area contributed by atoms with Crippen molar-refractivity contribution in [2.24, 2.45) is 0 Å². The van der Waals surface area contributed by atoms with Gasteiger partial charge in [-0.25, -0.2) is 5.10 Å². The molecule has 1 aromatic carbocycles. The highest BCUT2D eigenvalue weighted by Gasteiger charge is 2.38. The van der Waals surface area contributed by atoms with Crippen molar-refractivity contribution in [3.05, 3.63) is 40.3 Å². The Bertz CT molecular complexity index is 771. The number of ether oxygens (including phenoxy) is 1. The fourth-order valence-corrected chi connectivity index (χ4v) is 2.84. The maximum Gasteiger partial charge on any atom is 0.275 e. The molecule has 22 heavy (non-hydrogen) atoms. The van der Waals surface area contributed by atoms with Gasteiger partial charge in [-0.1, -0.05) is 25.1 Å². The lowest BCUT2D eigenvalue weighted by molar-refractivity contribution is -0.0467. The number of carbonyl (C=O) groups excluding carboxylic acids is 1. The smallest absolute Gasteiger partial charge is 0.275 e. The van der Waals surface area contributed by atoms with E-state index < -0.39 is 0 Å². The van der Waals surface area contributed by atoms with E-state index in [9.17, 15) is 9.59 Å². The minimum absolute atomic E-state index is 0.167. The predicted molar refractivity (Wildman–Crippen MR) is 82.9 cm³/mol. The third kappa shape index (κ3) is 2.29. The zero-order valence-electron chi connectivity index (χ0n) is 12.8. The molecule has 1 unspecified atom stereocenters. The van der Waals surface area contributed by atoms with Crippen molar-refractivity contribution >= 4 is 16.7 Å². The largest absolute Gasteiger partial charge is 0.377 e. The molecule has 1 aliphatic rings. The molecule has 0 aliphatic carbocycles. The molecule has 6 heteroatoms. The van der Waals surface area contributed by atoms with Crippen LogP contribution in [-0.2, 0) is 4.74 Å². The summed E-state index contributed by atoms with van der Waals surface area (Å²) in [6.07, 6.45) is 0.792. The first-order valence-electron chi connectivity index (χ1n) is 7.44. The zero-order valence-corrected chi connectivity index (χ0v) is 12.8.